The van der Waals surface area contributed by atoms with Crippen molar-refractivity contribution < 1.29 is 13.2 Å². The van der Waals surface area contributed by atoms with Crippen LogP contribution in [0.5, 0.6) is 0 Å². The normalized spacial score (nSPS) is 13.6. The molecule has 0 fully saturated rings. The molecule has 1 aromatic rings. The summed E-state index contributed by atoms with van der Waals surface area (Å²) < 4.78 is 39.5. The van der Waals surface area contributed by atoms with E-state index in [2.05, 4.69) is 13.8 Å². The van der Waals surface area contributed by atoms with Crippen LogP contribution >= 0.6 is 0 Å². The Bertz CT molecular complexity index is 455. The van der Waals surface area contributed by atoms with Gasteiger partial charge in [0, 0.05) is 18.8 Å². The lowest BCUT2D eigenvalue weighted by Crippen LogP contribution is -2.30. The average Bonchev–Trinajstić information content (AvgIpc) is 2.36. The largest absolute Gasteiger partial charge is 0.416 e. The zero-order valence-electron chi connectivity index (χ0n) is 13.2. The van der Waals surface area contributed by atoms with Gasteiger partial charge in [-0.25, -0.2) is 0 Å². The van der Waals surface area contributed by atoms with Gasteiger partial charge in [-0.1, -0.05) is 19.9 Å². The molecule has 0 amide bonds. The Labute approximate surface area is 125 Å². The third-order valence-corrected chi connectivity index (χ3v) is 3.69. The molecule has 21 heavy (non-hydrogen) atoms. The van der Waals surface area contributed by atoms with E-state index in [9.17, 15) is 13.2 Å². The van der Waals surface area contributed by atoms with Gasteiger partial charge in [0.15, 0.2) is 0 Å². The van der Waals surface area contributed by atoms with Crippen molar-refractivity contribution in [1.29, 1.82) is 0 Å². The molecule has 2 nitrogen and oxygen atoms in total. The molecule has 0 saturated carbocycles. The van der Waals surface area contributed by atoms with Crippen molar-refractivity contribution in [3.05, 3.63) is 29.3 Å². The molecule has 0 aliphatic heterocycles. The first-order chi connectivity index (χ1) is 9.66. The van der Waals surface area contributed by atoms with Crippen molar-refractivity contribution in [2.45, 2.75) is 45.8 Å². The van der Waals surface area contributed by atoms with Crippen molar-refractivity contribution in [3.8, 4) is 0 Å². The molecule has 1 atom stereocenters. The van der Waals surface area contributed by atoms with E-state index < -0.39 is 11.7 Å². The van der Waals surface area contributed by atoms with Gasteiger partial charge in [0.2, 0.25) is 0 Å². The Morgan fingerprint density at radius 2 is 1.81 bits per heavy atom. The summed E-state index contributed by atoms with van der Waals surface area (Å²) in [6.07, 6.45) is -3.18. The molecule has 0 bridgehead atoms. The zero-order chi connectivity index (χ0) is 16.2. The predicted molar refractivity (Wildman–Crippen MR) is 81.5 cm³/mol. The topological polar surface area (TPSA) is 29.3 Å². The molecule has 0 aromatic heterocycles. The molecule has 0 saturated heterocycles. The Balaban J connectivity index is 3.10. The predicted octanol–water partition coefficient (Wildman–Crippen LogP) is 4.08. The van der Waals surface area contributed by atoms with E-state index in [1.807, 2.05) is 18.9 Å². The molecular weight excluding hydrogens is 277 g/mol. The Morgan fingerprint density at radius 3 is 2.29 bits per heavy atom. The first-order valence-corrected chi connectivity index (χ1v) is 7.29. The minimum atomic E-state index is -4.34. The summed E-state index contributed by atoms with van der Waals surface area (Å²) in [7, 11) is 1.84. The van der Waals surface area contributed by atoms with Gasteiger partial charge in [-0.15, -0.1) is 0 Å². The van der Waals surface area contributed by atoms with E-state index in [0.29, 0.717) is 11.6 Å². The number of alkyl halides is 3. The lowest BCUT2D eigenvalue weighted by atomic mass is 10.0. The highest BCUT2D eigenvalue weighted by Crippen LogP contribution is 2.35. The first-order valence-electron chi connectivity index (χ1n) is 7.29. The maximum absolute atomic E-state index is 13.2. The number of hydrogen-bond donors (Lipinski definition) is 1. The second-order valence-corrected chi connectivity index (χ2v) is 5.97. The fourth-order valence-electron chi connectivity index (χ4n) is 2.52. The fraction of sp³-hybridized carbons (Fsp3) is 0.625. The standard InChI is InChI=1S/C16H25F3N2/c1-11(2)9-12(3)21(4)14-6-5-13(7-8-20)15(10-14)16(17,18)19/h5-6,10-12H,7-9,20H2,1-4H3. The van der Waals surface area contributed by atoms with Crippen LogP contribution in [0.25, 0.3) is 0 Å². The molecule has 1 unspecified atom stereocenters. The number of anilines is 1. The van der Waals surface area contributed by atoms with Crippen LogP contribution in [0.15, 0.2) is 18.2 Å². The van der Waals surface area contributed by atoms with Crippen molar-refractivity contribution in [3.63, 3.8) is 0 Å². The first kappa shape index (κ1) is 17.8. The quantitative estimate of drug-likeness (QED) is 0.858. The molecule has 1 aromatic carbocycles. The van der Waals surface area contributed by atoms with E-state index in [-0.39, 0.29) is 24.6 Å². The van der Waals surface area contributed by atoms with Crippen LogP contribution in [0, 0.1) is 5.92 Å². The van der Waals surface area contributed by atoms with E-state index in [0.717, 1.165) is 6.42 Å². The number of nitrogens with zero attached hydrogens (tertiary/aromatic N) is 1. The fourth-order valence-corrected chi connectivity index (χ4v) is 2.52. The Hall–Kier alpha value is -1.23. The summed E-state index contributed by atoms with van der Waals surface area (Å²) in [4.78, 5) is 1.90. The van der Waals surface area contributed by atoms with E-state index in [1.165, 1.54) is 6.07 Å². The van der Waals surface area contributed by atoms with Gasteiger partial charge in [-0.3, -0.25) is 0 Å². The van der Waals surface area contributed by atoms with Crippen LogP contribution in [-0.2, 0) is 12.6 Å². The molecular formula is C16H25F3N2. The minimum Gasteiger partial charge on any atom is -0.372 e. The smallest absolute Gasteiger partial charge is 0.372 e. The van der Waals surface area contributed by atoms with Crippen molar-refractivity contribution in [2.24, 2.45) is 11.7 Å². The summed E-state index contributed by atoms with van der Waals surface area (Å²) in [5.41, 5.74) is 5.68. The SMILES string of the molecule is CC(C)CC(C)N(C)c1ccc(CCN)c(C(F)(F)F)c1. The van der Waals surface area contributed by atoms with Crippen LogP contribution in [0.1, 0.15) is 38.3 Å². The van der Waals surface area contributed by atoms with Gasteiger partial charge in [0.1, 0.15) is 0 Å². The molecule has 0 radical (unpaired) electrons. The van der Waals surface area contributed by atoms with Gasteiger partial charge in [-0.2, -0.15) is 13.2 Å². The molecule has 1 rings (SSSR count). The van der Waals surface area contributed by atoms with E-state index in [4.69, 9.17) is 5.73 Å². The highest BCUT2D eigenvalue weighted by Gasteiger charge is 2.33. The lowest BCUT2D eigenvalue weighted by molar-refractivity contribution is -0.138. The highest BCUT2D eigenvalue weighted by molar-refractivity contribution is 5.52. The Morgan fingerprint density at radius 1 is 1.19 bits per heavy atom. The van der Waals surface area contributed by atoms with Crippen LogP contribution < -0.4 is 10.6 Å². The van der Waals surface area contributed by atoms with Crippen molar-refractivity contribution >= 4 is 5.69 Å². The summed E-state index contributed by atoms with van der Waals surface area (Å²) in [6, 6.07) is 4.72. The molecule has 5 heteroatoms. The number of halogens is 3. The van der Waals surface area contributed by atoms with Crippen molar-refractivity contribution in [2.75, 3.05) is 18.5 Å². The van der Waals surface area contributed by atoms with Gasteiger partial charge in [0.25, 0.3) is 0 Å². The van der Waals surface area contributed by atoms with Crippen LogP contribution in [0.2, 0.25) is 0 Å². The molecule has 0 aliphatic rings. The summed E-state index contributed by atoms with van der Waals surface area (Å²) in [5, 5.41) is 0. The maximum Gasteiger partial charge on any atom is 0.416 e. The van der Waals surface area contributed by atoms with Gasteiger partial charge < -0.3 is 10.6 Å². The number of hydrogen-bond acceptors (Lipinski definition) is 2. The maximum atomic E-state index is 13.2. The second kappa shape index (κ2) is 7.16. The lowest BCUT2D eigenvalue weighted by Gasteiger charge is -2.29. The minimum absolute atomic E-state index is 0.187. The summed E-state index contributed by atoms with van der Waals surface area (Å²) in [5.74, 6) is 0.501. The van der Waals surface area contributed by atoms with Gasteiger partial charge in [0.05, 0.1) is 5.56 Å². The van der Waals surface area contributed by atoms with Gasteiger partial charge >= 0.3 is 6.18 Å². The number of rotatable bonds is 6. The average molecular weight is 302 g/mol. The number of nitrogens with two attached hydrogens (primary N) is 1. The molecule has 120 valence electrons. The molecule has 0 heterocycles. The molecule has 0 aliphatic carbocycles. The monoisotopic (exact) mass is 302 g/mol. The number of benzene rings is 1. The van der Waals surface area contributed by atoms with Gasteiger partial charge in [-0.05, 0) is 49.9 Å². The third kappa shape index (κ3) is 4.92. The van der Waals surface area contributed by atoms with E-state index >= 15 is 0 Å². The molecule has 0 spiro atoms. The van der Waals surface area contributed by atoms with Crippen LogP contribution in [-0.4, -0.2) is 19.6 Å². The molecule has 2 N–H and O–H groups in total. The Kier molecular flexibility index (Phi) is 6.08. The van der Waals surface area contributed by atoms with Crippen LogP contribution in [0.4, 0.5) is 18.9 Å². The van der Waals surface area contributed by atoms with Crippen molar-refractivity contribution in [1.82, 2.24) is 0 Å². The zero-order valence-corrected chi connectivity index (χ0v) is 13.2. The summed E-state index contributed by atoms with van der Waals surface area (Å²) in [6.45, 7) is 6.45. The highest BCUT2D eigenvalue weighted by atomic mass is 19.4. The third-order valence-electron chi connectivity index (χ3n) is 3.69. The summed E-state index contributed by atoms with van der Waals surface area (Å²) >= 11 is 0. The van der Waals surface area contributed by atoms with E-state index in [1.54, 1.807) is 12.1 Å². The second-order valence-electron chi connectivity index (χ2n) is 5.97. The van der Waals surface area contributed by atoms with Crippen LogP contribution in [0.3, 0.4) is 0 Å².